The number of hydrogen-bond donors (Lipinski definition) is 2. The maximum atomic E-state index is 11.6. The Kier molecular flexibility index (Phi) is 6.36. The Morgan fingerprint density at radius 1 is 0.889 bits per heavy atom. The summed E-state index contributed by atoms with van der Waals surface area (Å²) in [5.74, 6) is 0.119. The van der Waals surface area contributed by atoms with Crippen LogP contribution in [0.3, 0.4) is 0 Å². The summed E-state index contributed by atoms with van der Waals surface area (Å²) in [4.78, 5) is 23.1. The molecule has 0 aliphatic heterocycles. The van der Waals surface area contributed by atoms with E-state index in [1.54, 1.807) is 0 Å². The van der Waals surface area contributed by atoms with Crippen LogP contribution in [-0.4, -0.2) is 24.9 Å². The van der Waals surface area contributed by atoms with Crippen LogP contribution < -0.4 is 10.6 Å². The molecular weight excluding hydrogens is 228 g/mol. The highest BCUT2D eigenvalue weighted by Crippen LogP contribution is 2.17. The molecule has 2 amide bonds. The SMILES string of the molecule is CC(C)(C)CC(=O)NCCCNC(=O)C(C)(C)C. The minimum atomic E-state index is -0.352. The van der Waals surface area contributed by atoms with Crippen LogP contribution >= 0.6 is 0 Å². The van der Waals surface area contributed by atoms with Crippen molar-refractivity contribution in [1.29, 1.82) is 0 Å². The third-order valence-electron chi connectivity index (χ3n) is 2.33. The highest BCUT2D eigenvalue weighted by atomic mass is 16.2. The molecule has 0 bridgehead atoms. The van der Waals surface area contributed by atoms with Crippen molar-refractivity contribution in [3.8, 4) is 0 Å². The molecule has 0 aromatic rings. The molecule has 0 unspecified atom stereocenters. The molecule has 0 saturated heterocycles. The van der Waals surface area contributed by atoms with Gasteiger partial charge in [0, 0.05) is 24.9 Å². The molecule has 0 atom stereocenters. The quantitative estimate of drug-likeness (QED) is 0.740. The van der Waals surface area contributed by atoms with Gasteiger partial charge >= 0.3 is 0 Å². The first-order chi connectivity index (χ1) is 8.02. The van der Waals surface area contributed by atoms with Crippen LogP contribution in [0.15, 0.2) is 0 Å². The standard InChI is InChI=1S/C14H28N2O2/c1-13(2,3)10-11(17)15-8-7-9-16-12(18)14(4,5)6/h7-10H2,1-6H3,(H,15,17)(H,16,18). The molecule has 0 aliphatic rings. The van der Waals surface area contributed by atoms with Gasteiger partial charge in [-0.25, -0.2) is 0 Å². The van der Waals surface area contributed by atoms with Crippen molar-refractivity contribution >= 4 is 11.8 Å². The first-order valence-corrected chi connectivity index (χ1v) is 6.57. The molecule has 106 valence electrons. The van der Waals surface area contributed by atoms with Gasteiger partial charge in [-0.15, -0.1) is 0 Å². The molecule has 0 aromatic carbocycles. The zero-order valence-corrected chi connectivity index (χ0v) is 12.6. The maximum absolute atomic E-state index is 11.6. The number of carbonyl (C=O) groups is 2. The van der Waals surface area contributed by atoms with Crippen molar-refractivity contribution in [2.75, 3.05) is 13.1 Å². The second kappa shape index (κ2) is 6.76. The topological polar surface area (TPSA) is 58.2 Å². The first kappa shape index (κ1) is 16.9. The van der Waals surface area contributed by atoms with E-state index in [1.807, 2.05) is 41.5 Å². The van der Waals surface area contributed by atoms with Gasteiger partial charge in [-0.3, -0.25) is 9.59 Å². The minimum absolute atomic E-state index is 0.0184. The third-order valence-corrected chi connectivity index (χ3v) is 2.33. The van der Waals surface area contributed by atoms with Crippen molar-refractivity contribution in [3.05, 3.63) is 0 Å². The highest BCUT2D eigenvalue weighted by Gasteiger charge is 2.20. The second-order valence-corrected chi connectivity index (χ2v) is 6.95. The van der Waals surface area contributed by atoms with Gasteiger partial charge in [0.15, 0.2) is 0 Å². The van der Waals surface area contributed by atoms with Crippen LogP contribution in [0.4, 0.5) is 0 Å². The predicted octanol–water partition coefficient (Wildman–Crippen LogP) is 2.09. The summed E-state index contributed by atoms with van der Waals surface area (Å²) >= 11 is 0. The zero-order chi connectivity index (χ0) is 14.4. The lowest BCUT2D eigenvalue weighted by molar-refractivity contribution is -0.128. The van der Waals surface area contributed by atoms with E-state index in [0.717, 1.165) is 6.42 Å². The summed E-state index contributed by atoms with van der Waals surface area (Å²) in [7, 11) is 0. The molecule has 0 aromatic heterocycles. The van der Waals surface area contributed by atoms with Crippen molar-refractivity contribution in [3.63, 3.8) is 0 Å². The lowest BCUT2D eigenvalue weighted by Gasteiger charge is -2.18. The summed E-state index contributed by atoms with van der Waals surface area (Å²) in [5.41, 5.74) is -0.333. The van der Waals surface area contributed by atoms with E-state index in [0.29, 0.717) is 19.5 Å². The van der Waals surface area contributed by atoms with Crippen LogP contribution in [0.25, 0.3) is 0 Å². The van der Waals surface area contributed by atoms with Gasteiger partial charge in [-0.05, 0) is 11.8 Å². The zero-order valence-electron chi connectivity index (χ0n) is 12.6. The first-order valence-electron chi connectivity index (χ1n) is 6.57. The Balaban J connectivity index is 3.64. The Bertz CT molecular complexity index is 285. The molecule has 4 heteroatoms. The van der Waals surface area contributed by atoms with Crippen molar-refractivity contribution in [2.45, 2.75) is 54.4 Å². The van der Waals surface area contributed by atoms with E-state index in [9.17, 15) is 9.59 Å². The average molecular weight is 256 g/mol. The van der Waals surface area contributed by atoms with E-state index < -0.39 is 0 Å². The van der Waals surface area contributed by atoms with Gasteiger partial charge in [0.2, 0.25) is 11.8 Å². The summed E-state index contributed by atoms with van der Waals surface area (Å²) in [6.45, 7) is 13.0. The van der Waals surface area contributed by atoms with Gasteiger partial charge in [0.05, 0.1) is 0 Å². The molecule has 0 radical (unpaired) electrons. The van der Waals surface area contributed by atoms with Gasteiger partial charge in [-0.1, -0.05) is 41.5 Å². The third kappa shape index (κ3) is 9.02. The average Bonchev–Trinajstić information content (AvgIpc) is 2.12. The van der Waals surface area contributed by atoms with Gasteiger partial charge in [0.1, 0.15) is 0 Å². The van der Waals surface area contributed by atoms with Gasteiger partial charge < -0.3 is 10.6 Å². The summed E-state index contributed by atoms with van der Waals surface area (Å²) in [6.07, 6.45) is 1.29. The number of amides is 2. The normalized spacial score (nSPS) is 12.1. The summed E-state index contributed by atoms with van der Waals surface area (Å²) in [6, 6.07) is 0. The molecule has 4 nitrogen and oxygen atoms in total. The fourth-order valence-electron chi connectivity index (χ4n) is 1.33. The summed E-state index contributed by atoms with van der Waals surface area (Å²) in [5, 5.41) is 5.72. The maximum Gasteiger partial charge on any atom is 0.225 e. The molecule has 0 aliphatic carbocycles. The van der Waals surface area contributed by atoms with Crippen molar-refractivity contribution in [1.82, 2.24) is 10.6 Å². The second-order valence-electron chi connectivity index (χ2n) is 6.95. The molecule has 0 fully saturated rings. The van der Waals surface area contributed by atoms with Gasteiger partial charge in [-0.2, -0.15) is 0 Å². The van der Waals surface area contributed by atoms with E-state index >= 15 is 0 Å². The monoisotopic (exact) mass is 256 g/mol. The largest absolute Gasteiger partial charge is 0.356 e. The molecule has 0 heterocycles. The Hall–Kier alpha value is -1.06. The van der Waals surface area contributed by atoms with E-state index in [4.69, 9.17) is 0 Å². The number of hydrogen-bond acceptors (Lipinski definition) is 2. The van der Waals surface area contributed by atoms with Crippen LogP contribution in [-0.2, 0) is 9.59 Å². The fourth-order valence-corrected chi connectivity index (χ4v) is 1.33. The molecule has 0 saturated carbocycles. The Morgan fingerprint density at radius 2 is 1.39 bits per heavy atom. The van der Waals surface area contributed by atoms with Crippen LogP contribution in [0, 0.1) is 10.8 Å². The lowest BCUT2D eigenvalue weighted by Crippen LogP contribution is -2.37. The van der Waals surface area contributed by atoms with E-state index in [2.05, 4.69) is 10.6 Å². The Morgan fingerprint density at radius 3 is 1.83 bits per heavy atom. The highest BCUT2D eigenvalue weighted by molar-refractivity contribution is 5.81. The van der Waals surface area contributed by atoms with Crippen LogP contribution in [0.2, 0.25) is 0 Å². The van der Waals surface area contributed by atoms with Gasteiger partial charge in [0.25, 0.3) is 0 Å². The van der Waals surface area contributed by atoms with E-state index in [1.165, 1.54) is 0 Å². The number of nitrogens with one attached hydrogen (secondary N) is 2. The Labute approximate surface area is 111 Å². The molecule has 0 rings (SSSR count). The molecule has 18 heavy (non-hydrogen) atoms. The smallest absolute Gasteiger partial charge is 0.225 e. The molecule has 0 spiro atoms. The van der Waals surface area contributed by atoms with Crippen LogP contribution in [0.1, 0.15) is 54.4 Å². The summed E-state index contributed by atoms with van der Waals surface area (Å²) < 4.78 is 0. The van der Waals surface area contributed by atoms with Crippen LogP contribution in [0.5, 0.6) is 0 Å². The molecular formula is C14H28N2O2. The lowest BCUT2D eigenvalue weighted by atomic mass is 9.92. The van der Waals surface area contributed by atoms with Crippen molar-refractivity contribution < 1.29 is 9.59 Å². The fraction of sp³-hybridized carbons (Fsp3) is 0.857. The number of rotatable bonds is 5. The number of carbonyl (C=O) groups excluding carboxylic acids is 2. The predicted molar refractivity (Wildman–Crippen MR) is 74.2 cm³/mol. The minimum Gasteiger partial charge on any atom is -0.356 e. The van der Waals surface area contributed by atoms with Crippen molar-refractivity contribution in [2.24, 2.45) is 10.8 Å². The van der Waals surface area contributed by atoms with E-state index in [-0.39, 0.29) is 22.6 Å². The molecule has 2 N–H and O–H groups in total.